The third kappa shape index (κ3) is 2.79. The van der Waals surface area contributed by atoms with Crippen LogP contribution in [0.4, 0.5) is 4.79 Å². The van der Waals surface area contributed by atoms with E-state index in [4.69, 9.17) is 10.5 Å². The minimum Gasteiger partial charge on any atom is -0.444 e. The minimum atomic E-state index is -0.422. The second kappa shape index (κ2) is 4.41. The molecule has 4 nitrogen and oxygen atoms in total. The van der Waals surface area contributed by atoms with Gasteiger partial charge in [0.1, 0.15) is 5.60 Å². The first-order valence-corrected chi connectivity index (χ1v) is 6.95. The smallest absolute Gasteiger partial charge is 0.407 e. The molecule has 0 saturated heterocycles. The molecule has 1 amide bonds. The predicted molar refractivity (Wildman–Crippen MR) is 71.2 cm³/mol. The number of alkyl carbamates (subject to hydrolysis) is 1. The van der Waals surface area contributed by atoms with Gasteiger partial charge in [-0.25, -0.2) is 4.79 Å². The fourth-order valence-corrected chi connectivity index (χ4v) is 3.76. The normalized spacial score (nSPS) is 34.7. The van der Waals surface area contributed by atoms with E-state index in [1.165, 1.54) is 32.1 Å². The number of carbonyl (C=O) groups excluding carboxylic acids is 1. The van der Waals surface area contributed by atoms with Gasteiger partial charge in [0.15, 0.2) is 0 Å². The van der Waals surface area contributed by atoms with Crippen molar-refractivity contribution < 1.29 is 9.53 Å². The summed E-state index contributed by atoms with van der Waals surface area (Å²) in [7, 11) is 0. The van der Waals surface area contributed by atoms with E-state index in [1.807, 2.05) is 20.8 Å². The Hall–Kier alpha value is -0.770. The predicted octanol–water partition coefficient (Wildman–Crippen LogP) is 2.42. The lowest BCUT2D eigenvalue weighted by Gasteiger charge is -2.60. The van der Waals surface area contributed by atoms with Gasteiger partial charge in [-0.3, -0.25) is 0 Å². The van der Waals surface area contributed by atoms with Crippen molar-refractivity contribution in [2.24, 2.45) is 16.6 Å². The van der Waals surface area contributed by atoms with Crippen molar-refractivity contribution in [3.8, 4) is 0 Å². The van der Waals surface area contributed by atoms with Crippen molar-refractivity contribution in [1.82, 2.24) is 5.32 Å². The van der Waals surface area contributed by atoms with Crippen LogP contribution in [0.25, 0.3) is 0 Å². The van der Waals surface area contributed by atoms with Gasteiger partial charge in [0.25, 0.3) is 0 Å². The number of nitrogens with one attached hydrogen (secondary N) is 1. The first-order valence-electron chi connectivity index (χ1n) is 6.95. The Labute approximate surface area is 110 Å². The lowest BCUT2D eigenvalue weighted by molar-refractivity contribution is -0.0854. The Balaban J connectivity index is 1.80. The summed E-state index contributed by atoms with van der Waals surface area (Å²) in [6.45, 7) is 7.18. The zero-order valence-corrected chi connectivity index (χ0v) is 11.8. The number of rotatable bonds is 3. The Morgan fingerprint density at radius 3 is 2.44 bits per heavy atom. The molecule has 0 aliphatic heterocycles. The van der Waals surface area contributed by atoms with E-state index >= 15 is 0 Å². The molecule has 18 heavy (non-hydrogen) atoms. The third-order valence-corrected chi connectivity index (χ3v) is 4.35. The average molecular weight is 254 g/mol. The van der Waals surface area contributed by atoms with Crippen molar-refractivity contribution in [3.63, 3.8) is 0 Å². The standard InChI is InChI=1S/C14H26N2O2/c1-12(2,3)18-11(17)16-10-14-6-4-5-13(7-14,8-14)9-15/h4-10,15H2,1-3H3,(H,16,17). The average Bonchev–Trinajstić information content (AvgIpc) is 2.23. The molecule has 3 aliphatic carbocycles. The summed E-state index contributed by atoms with van der Waals surface area (Å²) < 4.78 is 5.27. The number of carbonyl (C=O) groups is 1. The molecule has 0 aromatic heterocycles. The number of nitrogens with two attached hydrogens (primary N) is 1. The minimum absolute atomic E-state index is 0.298. The molecule has 3 fully saturated rings. The van der Waals surface area contributed by atoms with Crippen molar-refractivity contribution in [3.05, 3.63) is 0 Å². The number of hydrogen-bond donors (Lipinski definition) is 2. The van der Waals surface area contributed by atoms with Crippen LogP contribution in [0, 0.1) is 10.8 Å². The van der Waals surface area contributed by atoms with Crippen LogP contribution in [0.3, 0.4) is 0 Å². The molecule has 4 heteroatoms. The maximum absolute atomic E-state index is 11.7. The van der Waals surface area contributed by atoms with Gasteiger partial charge >= 0.3 is 6.09 Å². The van der Waals surface area contributed by atoms with Gasteiger partial charge in [-0.2, -0.15) is 0 Å². The Kier molecular flexibility index (Phi) is 3.34. The van der Waals surface area contributed by atoms with Crippen LogP contribution in [0.15, 0.2) is 0 Å². The fourth-order valence-electron chi connectivity index (χ4n) is 3.76. The molecule has 0 heterocycles. The highest BCUT2D eigenvalue weighted by Crippen LogP contribution is 2.62. The lowest BCUT2D eigenvalue weighted by atomic mass is 9.46. The van der Waals surface area contributed by atoms with Gasteiger partial charge in [0.05, 0.1) is 0 Å². The van der Waals surface area contributed by atoms with Gasteiger partial charge in [-0.1, -0.05) is 6.42 Å². The molecule has 3 rings (SSSR count). The number of ether oxygens (including phenoxy) is 1. The van der Waals surface area contributed by atoms with E-state index in [0.717, 1.165) is 13.1 Å². The quantitative estimate of drug-likeness (QED) is 0.813. The van der Waals surface area contributed by atoms with Crippen molar-refractivity contribution in [1.29, 1.82) is 0 Å². The van der Waals surface area contributed by atoms with Crippen LogP contribution in [0.2, 0.25) is 0 Å². The SMILES string of the molecule is CC(C)(C)OC(=O)NCC12CCCC(CN)(C1)C2. The maximum atomic E-state index is 11.7. The molecule has 104 valence electrons. The zero-order valence-electron chi connectivity index (χ0n) is 11.8. The highest BCUT2D eigenvalue weighted by Gasteiger charge is 2.56. The van der Waals surface area contributed by atoms with Gasteiger partial charge in [-0.05, 0) is 63.8 Å². The second-order valence-corrected chi connectivity index (χ2v) is 7.27. The highest BCUT2D eigenvalue weighted by molar-refractivity contribution is 5.67. The van der Waals surface area contributed by atoms with Crippen LogP contribution in [-0.2, 0) is 4.74 Å². The third-order valence-electron chi connectivity index (χ3n) is 4.35. The molecule has 0 aromatic carbocycles. The van der Waals surface area contributed by atoms with E-state index in [9.17, 15) is 4.79 Å². The molecule has 0 atom stereocenters. The molecule has 2 bridgehead atoms. The van der Waals surface area contributed by atoms with Crippen molar-refractivity contribution in [2.75, 3.05) is 13.1 Å². The molecule has 0 spiro atoms. The molecule has 3 aliphatic rings. The van der Waals surface area contributed by atoms with Crippen LogP contribution < -0.4 is 11.1 Å². The van der Waals surface area contributed by atoms with E-state index in [0.29, 0.717) is 10.8 Å². The van der Waals surface area contributed by atoms with Crippen LogP contribution in [-0.4, -0.2) is 24.8 Å². The first-order chi connectivity index (χ1) is 8.28. The van der Waals surface area contributed by atoms with Crippen molar-refractivity contribution in [2.45, 2.75) is 58.5 Å². The summed E-state index contributed by atoms with van der Waals surface area (Å²) in [4.78, 5) is 11.7. The molecule has 0 radical (unpaired) electrons. The van der Waals surface area contributed by atoms with Gasteiger partial charge in [0, 0.05) is 6.54 Å². The van der Waals surface area contributed by atoms with Crippen LogP contribution >= 0.6 is 0 Å². The summed E-state index contributed by atoms with van der Waals surface area (Å²) in [6, 6.07) is 0. The molecular formula is C14H26N2O2. The molecule has 0 aromatic rings. The number of hydrogen-bond acceptors (Lipinski definition) is 3. The van der Waals surface area contributed by atoms with E-state index in [-0.39, 0.29) is 6.09 Å². The summed E-state index contributed by atoms with van der Waals surface area (Å²) in [5.74, 6) is 0. The maximum Gasteiger partial charge on any atom is 0.407 e. The topological polar surface area (TPSA) is 64.3 Å². The lowest BCUT2D eigenvalue weighted by Crippen LogP contribution is -2.58. The molecule has 3 saturated carbocycles. The zero-order chi connectivity index (χ0) is 13.4. The summed E-state index contributed by atoms with van der Waals surface area (Å²) in [5, 5.41) is 2.93. The Bertz CT molecular complexity index is 327. The summed E-state index contributed by atoms with van der Waals surface area (Å²) in [6.07, 6.45) is 5.77. The van der Waals surface area contributed by atoms with E-state index in [2.05, 4.69) is 5.32 Å². The van der Waals surface area contributed by atoms with Crippen molar-refractivity contribution >= 4 is 6.09 Å². The van der Waals surface area contributed by atoms with Crippen LogP contribution in [0.5, 0.6) is 0 Å². The van der Waals surface area contributed by atoms with Gasteiger partial charge in [-0.15, -0.1) is 0 Å². The van der Waals surface area contributed by atoms with Gasteiger partial charge < -0.3 is 15.8 Å². The number of fused-ring (bicyclic) bond motifs is 2. The number of amides is 1. The summed E-state index contributed by atoms with van der Waals surface area (Å²) >= 11 is 0. The van der Waals surface area contributed by atoms with Gasteiger partial charge in [0.2, 0.25) is 0 Å². The monoisotopic (exact) mass is 254 g/mol. The second-order valence-electron chi connectivity index (χ2n) is 7.27. The van der Waals surface area contributed by atoms with E-state index < -0.39 is 5.60 Å². The van der Waals surface area contributed by atoms with E-state index in [1.54, 1.807) is 0 Å². The van der Waals surface area contributed by atoms with Crippen LogP contribution in [0.1, 0.15) is 52.9 Å². The highest BCUT2D eigenvalue weighted by atomic mass is 16.6. The fraction of sp³-hybridized carbons (Fsp3) is 0.929. The summed E-state index contributed by atoms with van der Waals surface area (Å²) in [5.41, 5.74) is 6.12. The molecule has 0 unspecified atom stereocenters. The largest absolute Gasteiger partial charge is 0.444 e. The molecular weight excluding hydrogens is 228 g/mol. The Morgan fingerprint density at radius 1 is 1.28 bits per heavy atom. The first kappa shape index (κ1) is 13.7. The Morgan fingerprint density at radius 2 is 1.89 bits per heavy atom. The molecule has 3 N–H and O–H groups in total.